The van der Waals surface area contributed by atoms with Crippen molar-refractivity contribution in [2.24, 2.45) is 0 Å². The van der Waals surface area contributed by atoms with Gasteiger partial charge < -0.3 is 14.1 Å². The number of alkyl halides is 2. The number of hydrogen-bond acceptors (Lipinski definition) is 6. The lowest BCUT2D eigenvalue weighted by Gasteiger charge is -2.02. The third-order valence-electron chi connectivity index (χ3n) is 3.75. The molecule has 0 aliphatic heterocycles. The summed E-state index contributed by atoms with van der Waals surface area (Å²) < 4.78 is 34.7. The Balaban J connectivity index is 1.45. The molecule has 0 fully saturated rings. The lowest BCUT2D eigenvalue weighted by molar-refractivity contribution is -0.0497. The van der Waals surface area contributed by atoms with E-state index in [1.165, 1.54) is 23.9 Å². The molecule has 6 nitrogen and oxygen atoms in total. The van der Waals surface area contributed by atoms with Crippen LogP contribution >= 0.6 is 11.8 Å². The molecule has 2 heterocycles. The fourth-order valence-corrected chi connectivity index (χ4v) is 3.19. The number of aromatic nitrogens is 4. The van der Waals surface area contributed by atoms with Crippen molar-refractivity contribution in [2.75, 3.05) is 0 Å². The molecule has 4 aromatic rings. The molecule has 0 bridgehead atoms. The quantitative estimate of drug-likeness (QED) is 0.478. The standard InChI is InChI=1S/C18H14F2N4O2S/c1-10-2-4-11(5-3-10)16-24-23-15(26-16)9-27-18-21-13-7-6-12(25-17(19)20)8-14(13)22-18/h2-8,17H,9H2,1H3,(H,21,22). The molecule has 2 aromatic carbocycles. The number of hydrogen-bond donors (Lipinski definition) is 1. The third kappa shape index (κ3) is 4.08. The molecule has 0 spiro atoms. The van der Waals surface area contributed by atoms with Crippen LogP contribution in [0.15, 0.2) is 52.0 Å². The molecular formula is C18H14F2N4O2S. The summed E-state index contributed by atoms with van der Waals surface area (Å²) in [6.07, 6.45) is 0. The van der Waals surface area contributed by atoms with Crippen LogP contribution in [0.4, 0.5) is 8.78 Å². The minimum Gasteiger partial charge on any atom is -0.435 e. The summed E-state index contributed by atoms with van der Waals surface area (Å²) in [5.74, 6) is 1.44. The van der Waals surface area contributed by atoms with E-state index in [-0.39, 0.29) is 5.75 Å². The van der Waals surface area contributed by atoms with E-state index in [9.17, 15) is 8.78 Å². The van der Waals surface area contributed by atoms with Gasteiger partial charge in [-0.05, 0) is 31.2 Å². The lowest BCUT2D eigenvalue weighted by atomic mass is 10.1. The van der Waals surface area contributed by atoms with Gasteiger partial charge >= 0.3 is 6.61 Å². The second-order valence-corrected chi connectivity index (χ2v) is 6.72. The molecule has 0 saturated heterocycles. The fraction of sp³-hybridized carbons (Fsp3) is 0.167. The molecule has 138 valence electrons. The first-order chi connectivity index (χ1) is 13.1. The van der Waals surface area contributed by atoms with Crippen LogP contribution < -0.4 is 4.74 Å². The van der Waals surface area contributed by atoms with Crippen LogP contribution in [0, 0.1) is 6.92 Å². The SMILES string of the molecule is Cc1ccc(-c2nnc(CSc3nc4ccc(OC(F)F)cc4[nH]3)o2)cc1. The molecule has 1 N–H and O–H groups in total. The molecule has 0 aliphatic rings. The Morgan fingerprint density at radius 2 is 1.96 bits per heavy atom. The van der Waals surface area contributed by atoms with Gasteiger partial charge in [0.15, 0.2) is 5.16 Å². The summed E-state index contributed by atoms with van der Waals surface area (Å²) >= 11 is 1.38. The summed E-state index contributed by atoms with van der Waals surface area (Å²) in [5.41, 5.74) is 3.28. The second-order valence-electron chi connectivity index (χ2n) is 5.76. The Labute approximate surface area is 157 Å². The number of aromatic amines is 1. The van der Waals surface area contributed by atoms with Crippen LogP contribution in [0.3, 0.4) is 0 Å². The number of nitrogens with zero attached hydrogens (tertiary/aromatic N) is 3. The molecule has 2 aromatic heterocycles. The molecule has 0 saturated carbocycles. The first-order valence-corrected chi connectivity index (χ1v) is 9.02. The average molecular weight is 388 g/mol. The monoisotopic (exact) mass is 388 g/mol. The van der Waals surface area contributed by atoms with Gasteiger partial charge in [0.05, 0.1) is 16.8 Å². The minimum absolute atomic E-state index is 0.0809. The summed E-state index contributed by atoms with van der Waals surface area (Å²) in [6, 6.07) is 12.4. The third-order valence-corrected chi connectivity index (χ3v) is 4.61. The highest BCUT2D eigenvalue weighted by Gasteiger charge is 2.12. The number of H-pyrrole nitrogens is 1. The molecule has 0 aliphatic carbocycles. The van der Waals surface area contributed by atoms with E-state index >= 15 is 0 Å². The molecule has 0 amide bonds. The summed E-state index contributed by atoms with van der Waals surface area (Å²) in [7, 11) is 0. The number of aryl methyl sites for hydroxylation is 1. The van der Waals surface area contributed by atoms with Crippen molar-refractivity contribution in [3.8, 4) is 17.2 Å². The van der Waals surface area contributed by atoms with Gasteiger partial charge in [-0.3, -0.25) is 0 Å². The lowest BCUT2D eigenvalue weighted by Crippen LogP contribution is -2.01. The molecule has 0 radical (unpaired) electrons. The Morgan fingerprint density at radius 3 is 2.74 bits per heavy atom. The molecule has 9 heteroatoms. The molecule has 0 atom stereocenters. The van der Waals surface area contributed by atoms with Crippen LogP contribution in [0.1, 0.15) is 11.5 Å². The number of imidazole rings is 1. The van der Waals surface area contributed by atoms with E-state index in [2.05, 4.69) is 24.9 Å². The van der Waals surface area contributed by atoms with Crippen LogP contribution in [-0.2, 0) is 5.75 Å². The van der Waals surface area contributed by atoms with Gasteiger partial charge in [0.1, 0.15) is 5.75 Å². The second kappa shape index (κ2) is 7.36. The van der Waals surface area contributed by atoms with Gasteiger partial charge in [-0.2, -0.15) is 8.78 Å². The predicted octanol–water partition coefficient (Wildman–Crippen LogP) is 4.82. The topological polar surface area (TPSA) is 76.8 Å². The number of ether oxygens (including phenoxy) is 1. The van der Waals surface area contributed by atoms with E-state index in [1.807, 2.05) is 31.2 Å². The van der Waals surface area contributed by atoms with Crippen molar-refractivity contribution in [3.63, 3.8) is 0 Å². The van der Waals surface area contributed by atoms with E-state index in [0.29, 0.717) is 33.7 Å². The smallest absolute Gasteiger partial charge is 0.387 e. The van der Waals surface area contributed by atoms with Gasteiger partial charge in [0.2, 0.25) is 11.8 Å². The normalized spacial score (nSPS) is 11.4. The van der Waals surface area contributed by atoms with E-state index in [4.69, 9.17) is 4.42 Å². The van der Waals surface area contributed by atoms with Gasteiger partial charge in [-0.25, -0.2) is 4.98 Å². The van der Waals surface area contributed by atoms with E-state index in [0.717, 1.165) is 11.1 Å². The Bertz CT molecular complexity index is 1060. The molecule has 0 unspecified atom stereocenters. The zero-order valence-electron chi connectivity index (χ0n) is 14.1. The van der Waals surface area contributed by atoms with Gasteiger partial charge in [-0.1, -0.05) is 29.5 Å². The maximum atomic E-state index is 12.3. The van der Waals surface area contributed by atoms with Crippen LogP contribution in [0.5, 0.6) is 5.75 Å². The van der Waals surface area contributed by atoms with Crippen molar-refractivity contribution in [3.05, 3.63) is 53.9 Å². The Kier molecular flexibility index (Phi) is 4.76. The van der Waals surface area contributed by atoms with Gasteiger partial charge in [0, 0.05) is 11.6 Å². The van der Waals surface area contributed by atoms with Crippen LogP contribution in [-0.4, -0.2) is 26.8 Å². The van der Waals surface area contributed by atoms with Crippen molar-refractivity contribution in [1.82, 2.24) is 20.2 Å². The number of halogens is 2. The van der Waals surface area contributed by atoms with E-state index in [1.54, 1.807) is 6.07 Å². The highest BCUT2D eigenvalue weighted by atomic mass is 32.2. The van der Waals surface area contributed by atoms with Crippen LogP contribution in [0.2, 0.25) is 0 Å². The minimum atomic E-state index is -2.86. The van der Waals surface area contributed by atoms with Gasteiger partial charge in [0.25, 0.3) is 0 Å². The Hall–Kier alpha value is -2.94. The number of nitrogens with one attached hydrogen (secondary N) is 1. The zero-order chi connectivity index (χ0) is 18.8. The first kappa shape index (κ1) is 17.5. The van der Waals surface area contributed by atoms with Gasteiger partial charge in [-0.15, -0.1) is 10.2 Å². The van der Waals surface area contributed by atoms with Crippen molar-refractivity contribution in [2.45, 2.75) is 24.4 Å². The number of fused-ring (bicyclic) bond motifs is 1. The number of rotatable bonds is 6. The number of benzene rings is 2. The zero-order valence-corrected chi connectivity index (χ0v) is 15.0. The van der Waals surface area contributed by atoms with Crippen LogP contribution in [0.25, 0.3) is 22.5 Å². The fourth-order valence-electron chi connectivity index (χ4n) is 2.46. The summed E-state index contributed by atoms with van der Waals surface area (Å²) in [4.78, 5) is 7.46. The largest absolute Gasteiger partial charge is 0.435 e. The predicted molar refractivity (Wildman–Crippen MR) is 96.8 cm³/mol. The van der Waals surface area contributed by atoms with Crippen molar-refractivity contribution >= 4 is 22.8 Å². The summed E-state index contributed by atoms with van der Waals surface area (Å²) in [6.45, 7) is -0.852. The molecule has 27 heavy (non-hydrogen) atoms. The highest BCUT2D eigenvalue weighted by molar-refractivity contribution is 7.98. The average Bonchev–Trinajstić information content (AvgIpc) is 3.26. The maximum absolute atomic E-state index is 12.3. The summed E-state index contributed by atoms with van der Waals surface area (Å²) in [5, 5.41) is 8.73. The highest BCUT2D eigenvalue weighted by Crippen LogP contribution is 2.27. The molecule has 4 rings (SSSR count). The molecular weight excluding hydrogens is 374 g/mol. The first-order valence-electron chi connectivity index (χ1n) is 8.03. The van der Waals surface area contributed by atoms with E-state index < -0.39 is 6.61 Å². The van der Waals surface area contributed by atoms with Crippen molar-refractivity contribution in [1.29, 1.82) is 0 Å². The van der Waals surface area contributed by atoms with Crippen molar-refractivity contribution < 1.29 is 17.9 Å². The maximum Gasteiger partial charge on any atom is 0.387 e. The Morgan fingerprint density at radius 1 is 1.15 bits per heavy atom. The number of thioether (sulfide) groups is 1.